The Hall–Kier alpha value is -1.03. The van der Waals surface area contributed by atoms with Crippen molar-refractivity contribution in [2.24, 2.45) is 5.73 Å². The van der Waals surface area contributed by atoms with Crippen LogP contribution in [-0.4, -0.2) is 6.61 Å². The molecule has 1 atom stereocenters. The van der Waals surface area contributed by atoms with E-state index in [1.165, 1.54) is 4.88 Å². The van der Waals surface area contributed by atoms with Crippen LogP contribution in [0.25, 0.3) is 0 Å². The Balaban J connectivity index is 2.02. The minimum absolute atomic E-state index is 0.00427. The Labute approximate surface area is 116 Å². The van der Waals surface area contributed by atoms with Gasteiger partial charge < -0.3 is 10.5 Å². The third-order valence-electron chi connectivity index (χ3n) is 2.67. The summed E-state index contributed by atoms with van der Waals surface area (Å²) in [6, 6.07) is 11.9. The van der Waals surface area contributed by atoms with Crippen LogP contribution < -0.4 is 10.5 Å². The summed E-state index contributed by atoms with van der Waals surface area (Å²) in [5, 5.41) is 0. The average Bonchev–Trinajstić information content (AvgIpc) is 2.76. The average molecular weight is 282 g/mol. The second-order valence-corrected chi connectivity index (χ2v) is 5.82. The summed E-state index contributed by atoms with van der Waals surface area (Å²) in [5.74, 6) is 0.882. The zero-order valence-electron chi connectivity index (χ0n) is 10.2. The summed E-state index contributed by atoms with van der Waals surface area (Å²) < 4.78 is 6.22. The first-order valence-electron chi connectivity index (χ1n) is 5.91. The minimum Gasteiger partial charge on any atom is -0.494 e. The monoisotopic (exact) mass is 281 g/mol. The van der Waals surface area contributed by atoms with Gasteiger partial charge in [-0.25, -0.2) is 0 Å². The normalized spacial score (nSPS) is 12.4. The lowest BCUT2D eigenvalue weighted by molar-refractivity contribution is 0.340. The minimum atomic E-state index is -0.00427. The smallest absolute Gasteiger partial charge is 0.119 e. The molecule has 2 N–H and O–H groups in total. The first-order chi connectivity index (χ1) is 8.69. The molecule has 0 saturated heterocycles. The van der Waals surface area contributed by atoms with Gasteiger partial charge in [-0.15, -0.1) is 11.3 Å². The lowest BCUT2D eigenvalue weighted by Gasteiger charge is -2.11. The van der Waals surface area contributed by atoms with E-state index < -0.39 is 0 Å². The Kier molecular flexibility index (Phi) is 4.64. The van der Waals surface area contributed by atoms with Crippen LogP contribution in [0.1, 0.15) is 23.4 Å². The number of hydrogen-bond acceptors (Lipinski definition) is 3. The molecule has 18 heavy (non-hydrogen) atoms. The molecule has 0 spiro atoms. The lowest BCUT2D eigenvalue weighted by Crippen LogP contribution is -2.12. The summed E-state index contributed by atoms with van der Waals surface area (Å²) in [6.07, 6.45) is 0.811. The third-order valence-corrected chi connectivity index (χ3v) is 3.92. The van der Waals surface area contributed by atoms with Gasteiger partial charge in [0.15, 0.2) is 0 Å². The molecule has 96 valence electrons. The van der Waals surface area contributed by atoms with Crippen LogP contribution >= 0.6 is 22.9 Å². The van der Waals surface area contributed by atoms with Gasteiger partial charge in [-0.2, -0.15) is 0 Å². The molecule has 0 aliphatic heterocycles. The molecular weight excluding hydrogens is 266 g/mol. The molecule has 2 nitrogen and oxygen atoms in total. The van der Waals surface area contributed by atoms with Crippen molar-refractivity contribution in [3.05, 3.63) is 51.2 Å². The van der Waals surface area contributed by atoms with Crippen LogP contribution in [-0.2, 0) is 6.42 Å². The van der Waals surface area contributed by atoms with Crippen LogP contribution in [0.3, 0.4) is 0 Å². The molecule has 0 radical (unpaired) electrons. The van der Waals surface area contributed by atoms with Gasteiger partial charge in [-0.1, -0.05) is 23.7 Å². The van der Waals surface area contributed by atoms with E-state index in [0.717, 1.165) is 22.1 Å². The van der Waals surface area contributed by atoms with E-state index in [4.69, 9.17) is 22.1 Å². The topological polar surface area (TPSA) is 35.2 Å². The van der Waals surface area contributed by atoms with Gasteiger partial charge in [0.1, 0.15) is 5.75 Å². The Bertz CT molecular complexity index is 495. The molecule has 2 aromatic rings. The lowest BCUT2D eigenvalue weighted by atomic mass is 10.0. The van der Waals surface area contributed by atoms with Crippen molar-refractivity contribution in [3.8, 4) is 5.75 Å². The van der Waals surface area contributed by atoms with Gasteiger partial charge in [-0.3, -0.25) is 0 Å². The summed E-state index contributed by atoms with van der Waals surface area (Å²) >= 11 is 7.49. The molecule has 0 bridgehead atoms. The third kappa shape index (κ3) is 3.48. The first kappa shape index (κ1) is 13.4. The summed E-state index contributed by atoms with van der Waals surface area (Å²) in [5.41, 5.74) is 7.30. The van der Waals surface area contributed by atoms with Crippen molar-refractivity contribution in [3.63, 3.8) is 0 Å². The Morgan fingerprint density at radius 2 is 1.94 bits per heavy atom. The van der Waals surface area contributed by atoms with E-state index in [2.05, 4.69) is 0 Å². The highest BCUT2D eigenvalue weighted by atomic mass is 35.5. The number of halogens is 1. The second kappa shape index (κ2) is 6.23. The van der Waals surface area contributed by atoms with Crippen LogP contribution in [0.15, 0.2) is 36.4 Å². The van der Waals surface area contributed by atoms with Crippen LogP contribution in [0, 0.1) is 0 Å². The van der Waals surface area contributed by atoms with Gasteiger partial charge in [0.05, 0.1) is 10.9 Å². The molecule has 4 heteroatoms. The summed E-state index contributed by atoms with van der Waals surface area (Å²) in [6.45, 7) is 2.65. The van der Waals surface area contributed by atoms with E-state index in [1.54, 1.807) is 11.3 Å². The molecule has 1 aromatic heterocycles. The highest BCUT2D eigenvalue weighted by Crippen LogP contribution is 2.26. The molecule has 1 unspecified atom stereocenters. The van der Waals surface area contributed by atoms with Crippen molar-refractivity contribution in [2.45, 2.75) is 19.4 Å². The van der Waals surface area contributed by atoms with Gasteiger partial charge in [-0.05, 0) is 36.8 Å². The highest BCUT2D eigenvalue weighted by molar-refractivity contribution is 7.16. The summed E-state index contributed by atoms with van der Waals surface area (Å²) in [7, 11) is 0. The van der Waals surface area contributed by atoms with Crippen molar-refractivity contribution in [1.29, 1.82) is 0 Å². The zero-order valence-corrected chi connectivity index (χ0v) is 11.8. The molecule has 1 heterocycles. The molecular formula is C14H16ClNOS. The second-order valence-electron chi connectivity index (χ2n) is 4.02. The highest BCUT2D eigenvalue weighted by Gasteiger charge is 2.09. The van der Waals surface area contributed by atoms with E-state index in [-0.39, 0.29) is 6.04 Å². The predicted molar refractivity (Wildman–Crippen MR) is 77.6 cm³/mol. The molecule has 0 saturated carbocycles. The number of ether oxygens (including phenoxy) is 1. The molecule has 2 rings (SSSR count). The maximum atomic E-state index is 6.18. The van der Waals surface area contributed by atoms with Gasteiger partial charge >= 0.3 is 0 Å². The van der Waals surface area contributed by atoms with E-state index in [0.29, 0.717) is 6.61 Å². The number of nitrogens with two attached hydrogens (primary N) is 1. The number of benzene rings is 1. The van der Waals surface area contributed by atoms with Crippen LogP contribution in [0.5, 0.6) is 5.75 Å². The Morgan fingerprint density at radius 3 is 2.50 bits per heavy atom. The summed E-state index contributed by atoms with van der Waals surface area (Å²) in [4.78, 5) is 1.21. The standard InChI is InChI=1S/C14H16ClNOS/c1-2-17-11-5-3-10(4-6-11)13(16)9-12-7-8-14(15)18-12/h3-8,13H,2,9,16H2,1H3. The van der Waals surface area contributed by atoms with E-state index in [1.807, 2.05) is 43.3 Å². The fourth-order valence-corrected chi connectivity index (χ4v) is 2.92. The van der Waals surface area contributed by atoms with Crippen molar-refractivity contribution in [1.82, 2.24) is 0 Å². The predicted octanol–water partition coefficient (Wildman–Crippen LogP) is 4.04. The van der Waals surface area contributed by atoms with E-state index >= 15 is 0 Å². The van der Waals surface area contributed by atoms with Crippen molar-refractivity contribution < 1.29 is 4.74 Å². The SMILES string of the molecule is CCOc1ccc(C(N)Cc2ccc(Cl)s2)cc1. The first-order valence-corrected chi connectivity index (χ1v) is 7.11. The molecule has 0 aliphatic carbocycles. The van der Waals surface area contributed by atoms with Crippen molar-refractivity contribution in [2.75, 3.05) is 6.61 Å². The van der Waals surface area contributed by atoms with Crippen LogP contribution in [0.2, 0.25) is 4.34 Å². The number of hydrogen-bond donors (Lipinski definition) is 1. The van der Waals surface area contributed by atoms with Gasteiger partial charge in [0, 0.05) is 17.3 Å². The van der Waals surface area contributed by atoms with Gasteiger partial charge in [0.25, 0.3) is 0 Å². The fraction of sp³-hybridized carbons (Fsp3) is 0.286. The number of rotatable bonds is 5. The van der Waals surface area contributed by atoms with Gasteiger partial charge in [0.2, 0.25) is 0 Å². The Morgan fingerprint density at radius 1 is 1.22 bits per heavy atom. The maximum absolute atomic E-state index is 6.18. The quantitative estimate of drug-likeness (QED) is 0.898. The van der Waals surface area contributed by atoms with Crippen molar-refractivity contribution >= 4 is 22.9 Å². The fourth-order valence-electron chi connectivity index (χ4n) is 1.77. The zero-order chi connectivity index (χ0) is 13.0. The molecule has 0 fully saturated rings. The van der Waals surface area contributed by atoms with Crippen LogP contribution in [0.4, 0.5) is 0 Å². The molecule has 0 aliphatic rings. The molecule has 0 amide bonds. The van der Waals surface area contributed by atoms with E-state index in [9.17, 15) is 0 Å². The maximum Gasteiger partial charge on any atom is 0.119 e. The largest absolute Gasteiger partial charge is 0.494 e. The molecule has 1 aromatic carbocycles. The number of thiophene rings is 1.